The molecule has 0 aromatic heterocycles. The van der Waals surface area contributed by atoms with Gasteiger partial charge in [0.2, 0.25) is 5.91 Å². The minimum absolute atomic E-state index is 0.162. The Kier molecular flexibility index (Phi) is 6.88. The van der Waals surface area contributed by atoms with Gasteiger partial charge in [-0.25, -0.2) is 0 Å². The van der Waals surface area contributed by atoms with Crippen LogP contribution >= 0.6 is 11.8 Å². The van der Waals surface area contributed by atoms with E-state index < -0.39 is 0 Å². The number of hydrogen-bond acceptors (Lipinski definition) is 3. The molecule has 1 saturated heterocycles. The van der Waals surface area contributed by atoms with E-state index in [1.165, 1.54) is 12.8 Å². The Balaban J connectivity index is 1.99. The zero-order valence-electron chi connectivity index (χ0n) is 10.3. The fraction of sp³-hybridized carbons (Fsp3) is 0.917. The molecule has 1 N–H and O–H groups in total. The van der Waals surface area contributed by atoms with Crippen molar-refractivity contribution in [3.05, 3.63) is 0 Å². The van der Waals surface area contributed by atoms with Gasteiger partial charge in [-0.3, -0.25) is 4.79 Å². The first kappa shape index (κ1) is 13.8. The molecular weight excluding hydrogens is 222 g/mol. The quantitative estimate of drug-likeness (QED) is 0.778. The van der Waals surface area contributed by atoms with E-state index in [9.17, 15) is 4.79 Å². The zero-order chi connectivity index (χ0) is 11.8. The molecule has 94 valence electrons. The van der Waals surface area contributed by atoms with Crippen LogP contribution in [0.3, 0.4) is 0 Å². The molecule has 1 rings (SSSR count). The molecule has 0 spiro atoms. The van der Waals surface area contributed by atoms with Crippen molar-refractivity contribution in [2.45, 2.75) is 38.4 Å². The number of hydrogen-bond donors (Lipinski definition) is 1. The van der Waals surface area contributed by atoms with Crippen LogP contribution in [-0.2, 0) is 9.53 Å². The Bertz CT molecular complexity index is 203. The monoisotopic (exact) mass is 245 g/mol. The van der Waals surface area contributed by atoms with E-state index in [2.05, 4.69) is 19.2 Å². The number of carbonyl (C=O) groups excluding carboxylic acids is 1. The lowest BCUT2D eigenvalue weighted by atomic mass is 9.99. The SMILES string of the molecule is CC(C)SCC(=O)NCC[C@@H]1CCCOC1. The van der Waals surface area contributed by atoms with Crippen LogP contribution in [0.4, 0.5) is 0 Å². The number of ether oxygens (including phenoxy) is 1. The van der Waals surface area contributed by atoms with Crippen LogP contribution in [-0.4, -0.2) is 36.7 Å². The summed E-state index contributed by atoms with van der Waals surface area (Å²) in [4.78, 5) is 11.4. The maximum absolute atomic E-state index is 11.4. The Morgan fingerprint density at radius 1 is 1.56 bits per heavy atom. The lowest BCUT2D eigenvalue weighted by molar-refractivity contribution is -0.118. The first-order chi connectivity index (χ1) is 7.68. The summed E-state index contributed by atoms with van der Waals surface area (Å²) in [5.74, 6) is 1.39. The molecule has 0 aromatic rings. The van der Waals surface area contributed by atoms with Gasteiger partial charge >= 0.3 is 0 Å². The van der Waals surface area contributed by atoms with E-state index in [-0.39, 0.29) is 5.91 Å². The van der Waals surface area contributed by atoms with E-state index in [1.54, 1.807) is 11.8 Å². The average molecular weight is 245 g/mol. The van der Waals surface area contributed by atoms with Gasteiger partial charge < -0.3 is 10.1 Å². The summed E-state index contributed by atoms with van der Waals surface area (Å²) in [6.07, 6.45) is 3.47. The summed E-state index contributed by atoms with van der Waals surface area (Å²) < 4.78 is 5.40. The molecule has 1 fully saturated rings. The van der Waals surface area contributed by atoms with Crippen molar-refractivity contribution in [3.8, 4) is 0 Å². The minimum atomic E-state index is 0.162. The van der Waals surface area contributed by atoms with Crippen LogP contribution in [0.15, 0.2) is 0 Å². The third-order valence-corrected chi connectivity index (χ3v) is 3.77. The van der Waals surface area contributed by atoms with E-state index in [0.29, 0.717) is 16.9 Å². The van der Waals surface area contributed by atoms with Crippen molar-refractivity contribution in [1.29, 1.82) is 0 Å². The molecule has 1 amide bonds. The molecule has 4 heteroatoms. The molecule has 0 unspecified atom stereocenters. The summed E-state index contributed by atoms with van der Waals surface area (Å²) in [7, 11) is 0. The number of carbonyl (C=O) groups is 1. The van der Waals surface area contributed by atoms with Crippen molar-refractivity contribution in [2.75, 3.05) is 25.5 Å². The first-order valence-corrected chi connectivity index (χ1v) is 7.19. The average Bonchev–Trinajstić information content (AvgIpc) is 2.28. The van der Waals surface area contributed by atoms with Gasteiger partial charge in [-0.15, -0.1) is 11.8 Å². The summed E-state index contributed by atoms with van der Waals surface area (Å²) >= 11 is 1.69. The highest BCUT2D eigenvalue weighted by Gasteiger charge is 2.13. The second kappa shape index (κ2) is 7.96. The summed E-state index contributed by atoms with van der Waals surface area (Å²) in [6, 6.07) is 0. The summed E-state index contributed by atoms with van der Waals surface area (Å²) in [5.41, 5.74) is 0. The Morgan fingerprint density at radius 2 is 2.38 bits per heavy atom. The van der Waals surface area contributed by atoms with E-state index in [1.807, 2.05) is 0 Å². The Morgan fingerprint density at radius 3 is 3.00 bits per heavy atom. The molecule has 1 aliphatic heterocycles. The van der Waals surface area contributed by atoms with Crippen molar-refractivity contribution in [3.63, 3.8) is 0 Å². The molecule has 0 radical (unpaired) electrons. The maximum Gasteiger partial charge on any atom is 0.230 e. The van der Waals surface area contributed by atoms with Crippen LogP contribution in [0, 0.1) is 5.92 Å². The summed E-state index contributed by atoms with van der Waals surface area (Å²) in [6.45, 7) is 6.80. The number of amides is 1. The fourth-order valence-corrected chi connectivity index (χ4v) is 2.33. The third-order valence-electron chi connectivity index (χ3n) is 2.68. The van der Waals surface area contributed by atoms with Crippen LogP contribution in [0.25, 0.3) is 0 Å². The lowest BCUT2D eigenvalue weighted by Crippen LogP contribution is -2.29. The highest BCUT2D eigenvalue weighted by Crippen LogP contribution is 2.16. The molecule has 1 aliphatic rings. The molecule has 1 atom stereocenters. The second-order valence-electron chi connectivity index (χ2n) is 4.58. The molecule has 0 aromatic carbocycles. The Labute approximate surface area is 103 Å². The molecule has 1 heterocycles. The number of nitrogens with one attached hydrogen (secondary N) is 1. The molecule has 0 bridgehead atoms. The van der Waals surface area contributed by atoms with Gasteiger partial charge in [0.25, 0.3) is 0 Å². The third kappa shape index (κ3) is 6.38. The van der Waals surface area contributed by atoms with Crippen molar-refractivity contribution >= 4 is 17.7 Å². The molecule has 0 aliphatic carbocycles. The smallest absolute Gasteiger partial charge is 0.230 e. The van der Waals surface area contributed by atoms with Crippen LogP contribution in [0.1, 0.15) is 33.1 Å². The highest BCUT2D eigenvalue weighted by molar-refractivity contribution is 8.00. The van der Waals surface area contributed by atoms with Gasteiger partial charge in [0.05, 0.1) is 5.75 Å². The predicted molar refractivity (Wildman–Crippen MR) is 68.8 cm³/mol. The Hall–Kier alpha value is -0.220. The van der Waals surface area contributed by atoms with Gasteiger partial charge in [0.15, 0.2) is 0 Å². The maximum atomic E-state index is 11.4. The number of rotatable bonds is 6. The highest BCUT2D eigenvalue weighted by atomic mass is 32.2. The fourth-order valence-electron chi connectivity index (χ4n) is 1.74. The first-order valence-electron chi connectivity index (χ1n) is 6.14. The van der Waals surface area contributed by atoms with Crippen molar-refractivity contribution < 1.29 is 9.53 Å². The lowest BCUT2D eigenvalue weighted by Gasteiger charge is -2.21. The van der Waals surface area contributed by atoms with Gasteiger partial charge in [-0.05, 0) is 30.4 Å². The number of thioether (sulfide) groups is 1. The molecule has 3 nitrogen and oxygen atoms in total. The van der Waals surface area contributed by atoms with Crippen molar-refractivity contribution in [2.24, 2.45) is 5.92 Å². The van der Waals surface area contributed by atoms with Crippen molar-refractivity contribution in [1.82, 2.24) is 5.32 Å². The standard InChI is InChI=1S/C12H23NO2S/c1-10(2)16-9-12(14)13-6-5-11-4-3-7-15-8-11/h10-11H,3-9H2,1-2H3,(H,13,14)/t11-/m0/s1. The van der Waals surface area contributed by atoms with Gasteiger partial charge in [0.1, 0.15) is 0 Å². The minimum Gasteiger partial charge on any atom is -0.381 e. The van der Waals surface area contributed by atoms with Gasteiger partial charge in [-0.1, -0.05) is 13.8 Å². The zero-order valence-corrected chi connectivity index (χ0v) is 11.1. The molecule has 0 saturated carbocycles. The topological polar surface area (TPSA) is 38.3 Å². The van der Waals surface area contributed by atoms with E-state index in [0.717, 1.165) is 26.2 Å². The van der Waals surface area contributed by atoms with E-state index in [4.69, 9.17) is 4.74 Å². The second-order valence-corrected chi connectivity index (χ2v) is 6.15. The predicted octanol–water partition coefficient (Wildman–Crippen LogP) is 2.06. The van der Waals surface area contributed by atoms with E-state index >= 15 is 0 Å². The van der Waals surface area contributed by atoms with Crippen LogP contribution in [0.5, 0.6) is 0 Å². The largest absolute Gasteiger partial charge is 0.381 e. The van der Waals surface area contributed by atoms with Gasteiger partial charge in [0, 0.05) is 19.8 Å². The normalized spacial score (nSPS) is 21.1. The molecular formula is C12H23NO2S. The molecule has 16 heavy (non-hydrogen) atoms. The summed E-state index contributed by atoms with van der Waals surface area (Å²) in [5, 5.41) is 3.50. The van der Waals surface area contributed by atoms with Gasteiger partial charge in [-0.2, -0.15) is 0 Å². The van der Waals surface area contributed by atoms with Crippen LogP contribution < -0.4 is 5.32 Å². The van der Waals surface area contributed by atoms with Crippen LogP contribution in [0.2, 0.25) is 0 Å².